The van der Waals surface area contributed by atoms with Gasteiger partial charge in [-0.05, 0) is 43.5 Å². The third-order valence-electron chi connectivity index (χ3n) is 3.49. The van der Waals surface area contributed by atoms with Crippen LogP contribution in [0.1, 0.15) is 31.7 Å². The number of likely N-dealkylation sites (tertiary alicyclic amines) is 1. The van der Waals surface area contributed by atoms with Gasteiger partial charge >= 0.3 is 0 Å². The molecule has 0 aliphatic carbocycles. The summed E-state index contributed by atoms with van der Waals surface area (Å²) in [7, 11) is 0. The summed E-state index contributed by atoms with van der Waals surface area (Å²) in [5.41, 5.74) is 1.32. The molecule has 0 spiro atoms. The molecule has 4 nitrogen and oxygen atoms in total. The summed E-state index contributed by atoms with van der Waals surface area (Å²) in [6.07, 6.45) is 7.24. The fourth-order valence-corrected chi connectivity index (χ4v) is 2.57. The second-order valence-corrected chi connectivity index (χ2v) is 4.89. The topological polar surface area (TPSA) is 45.2 Å². The molecule has 1 N–H and O–H groups in total. The van der Waals surface area contributed by atoms with E-state index in [1.54, 1.807) is 6.92 Å². The van der Waals surface area contributed by atoms with Crippen LogP contribution in [-0.2, 0) is 11.3 Å². The molecule has 18 heavy (non-hydrogen) atoms. The van der Waals surface area contributed by atoms with Crippen molar-refractivity contribution in [2.24, 2.45) is 0 Å². The molecule has 1 atom stereocenters. The van der Waals surface area contributed by atoms with E-state index in [9.17, 15) is 4.79 Å². The maximum absolute atomic E-state index is 10.9. The standard InChI is InChI=1S/C14H21N3O/c1-12(18)16-9-6-14-3-2-10-17(14)11-13-4-7-15-8-5-13/h4-5,7-8,14H,2-3,6,9-11H2,1H3,(H,16,18). The normalized spacial score (nSPS) is 19.9. The zero-order valence-corrected chi connectivity index (χ0v) is 10.9. The van der Waals surface area contributed by atoms with Gasteiger partial charge in [-0.1, -0.05) is 0 Å². The third kappa shape index (κ3) is 3.81. The lowest BCUT2D eigenvalue weighted by Crippen LogP contribution is -2.33. The van der Waals surface area contributed by atoms with Crippen molar-refractivity contribution < 1.29 is 4.79 Å². The number of pyridine rings is 1. The summed E-state index contributed by atoms with van der Waals surface area (Å²) in [5, 5.41) is 2.88. The first kappa shape index (κ1) is 13.0. The Kier molecular flexibility index (Phi) is 4.70. The number of rotatable bonds is 5. The van der Waals surface area contributed by atoms with Gasteiger partial charge in [0.1, 0.15) is 0 Å². The number of nitrogens with zero attached hydrogens (tertiary/aromatic N) is 2. The van der Waals surface area contributed by atoms with Crippen molar-refractivity contribution in [1.29, 1.82) is 0 Å². The van der Waals surface area contributed by atoms with E-state index in [1.807, 2.05) is 12.4 Å². The van der Waals surface area contributed by atoms with Crippen molar-refractivity contribution in [1.82, 2.24) is 15.2 Å². The molecule has 1 unspecified atom stereocenters. The van der Waals surface area contributed by atoms with Crippen LogP contribution >= 0.6 is 0 Å². The fraction of sp³-hybridized carbons (Fsp3) is 0.571. The van der Waals surface area contributed by atoms with E-state index < -0.39 is 0 Å². The maximum Gasteiger partial charge on any atom is 0.216 e. The lowest BCUT2D eigenvalue weighted by atomic mass is 10.1. The summed E-state index contributed by atoms with van der Waals surface area (Å²) in [6.45, 7) is 4.51. The van der Waals surface area contributed by atoms with Crippen LogP contribution in [-0.4, -0.2) is 34.9 Å². The molecule has 1 aliphatic rings. The first-order valence-electron chi connectivity index (χ1n) is 6.63. The summed E-state index contributed by atoms with van der Waals surface area (Å²) in [4.78, 5) is 17.4. The molecule has 1 aromatic heterocycles. The highest BCUT2D eigenvalue weighted by molar-refractivity contribution is 5.72. The van der Waals surface area contributed by atoms with Gasteiger partial charge in [0.2, 0.25) is 5.91 Å². The number of hydrogen-bond acceptors (Lipinski definition) is 3. The smallest absolute Gasteiger partial charge is 0.216 e. The third-order valence-corrected chi connectivity index (χ3v) is 3.49. The average molecular weight is 247 g/mol. The highest BCUT2D eigenvalue weighted by atomic mass is 16.1. The lowest BCUT2D eigenvalue weighted by molar-refractivity contribution is -0.119. The van der Waals surface area contributed by atoms with E-state index in [0.717, 1.165) is 26.1 Å². The van der Waals surface area contributed by atoms with Gasteiger partial charge in [0.15, 0.2) is 0 Å². The van der Waals surface area contributed by atoms with Gasteiger partial charge in [-0.3, -0.25) is 14.7 Å². The van der Waals surface area contributed by atoms with Gasteiger partial charge in [0.05, 0.1) is 0 Å². The Morgan fingerprint density at radius 2 is 2.28 bits per heavy atom. The number of carbonyl (C=O) groups excluding carboxylic acids is 1. The van der Waals surface area contributed by atoms with Crippen LogP contribution in [0.4, 0.5) is 0 Å². The van der Waals surface area contributed by atoms with Gasteiger partial charge in [-0.2, -0.15) is 0 Å². The molecule has 0 radical (unpaired) electrons. The quantitative estimate of drug-likeness (QED) is 0.859. The van der Waals surface area contributed by atoms with E-state index in [2.05, 4.69) is 27.3 Å². The van der Waals surface area contributed by atoms with Crippen molar-refractivity contribution in [3.05, 3.63) is 30.1 Å². The van der Waals surface area contributed by atoms with Gasteiger partial charge in [0, 0.05) is 38.4 Å². The molecule has 0 bridgehead atoms. The summed E-state index contributed by atoms with van der Waals surface area (Å²) in [6, 6.07) is 4.75. The van der Waals surface area contributed by atoms with Crippen molar-refractivity contribution in [3.63, 3.8) is 0 Å². The molecule has 1 aromatic rings. The van der Waals surface area contributed by atoms with Crippen LogP contribution < -0.4 is 5.32 Å². The molecule has 1 aliphatic heterocycles. The van der Waals surface area contributed by atoms with E-state index in [0.29, 0.717) is 6.04 Å². The summed E-state index contributed by atoms with van der Waals surface area (Å²) >= 11 is 0. The van der Waals surface area contributed by atoms with Crippen molar-refractivity contribution >= 4 is 5.91 Å². The fourth-order valence-electron chi connectivity index (χ4n) is 2.57. The predicted molar refractivity (Wildman–Crippen MR) is 71.0 cm³/mol. The monoisotopic (exact) mass is 247 g/mol. The number of hydrogen-bond donors (Lipinski definition) is 1. The first-order chi connectivity index (χ1) is 8.75. The van der Waals surface area contributed by atoms with E-state index in [4.69, 9.17) is 0 Å². The van der Waals surface area contributed by atoms with Crippen molar-refractivity contribution in [2.75, 3.05) is 13.1 Å². The largest absolute Gasteiger partial charge is 0.356 e. The molecule has 4 heteroatoms. The summed E-state index contributed by atoms with van der Waals surface area (Å²) < 4.78 is 0. The molecule has 2 heterocycles. The minimum Gasteiger partial charge on any atom is -0.356 e. The Bertz CT molecular complexity index is 380. The van der Waals surface area contributed by atoms with E-state index in [1.165, 1.54) is 18.4 Å². The van der Waals surface area contributed by atoms with Gasteiger partial charge in [0.25, 0.3) is 0 Å². The molecule has 98 valence electrons. The molecule has 2 rings (SSSR count). The molecule has 0 saturated carbocycles. The average Bonchev–Trinajstić information content (AvgIpc) is 2.78. The highest BCUT2D eigenvalue weighted by Crippen LogP contribution is 2.21. The zero-order chi connectivity index (χ0) is 12.8. The lowest BCUT2D eigenvalue weighted by Gasteiger charge is -2.24. The van der Waals surface area contributed by atoms with Gasteiger partial charge < -0.3 is 5.32 Å². The molecule has 0 aromatic carbocycles. The molecule has 1 amide bonds. The Morgan fingerprint density at radius 1 is 1.50 bits per heavy atom. The second kappa shape index (κ2) is 6.50. The van der Waals surface area contributed by atoms with Crippen LogP contribution in [0.5, 0.6) is 0 Å². The minimum atomic E-state index is 0.0636. The number of aromatic nitrogens is 1. The maximum atomic E-state index is 10.9. The Balaban J connectivity index is 1.82. The van der Waals surface area contributed by atoms with Crippen LogP contribution in [0.25, 0.3) is 0 Å². The van der Waals surface area contributed by atoms with E-state index in [-0.39, 0.29) is 5.91 Å². The predicted octanol–water partition coefficient (Wildman–Crippen LogP) is 1.57. The molecular formula is C14H21N3O. The van der Waals surface area contributed by atoms with Crippen molar-refractivity contribution in [3.8, 4) is 0 Å². The summed E-state index contributed by atoms with van der Waals surface area (Å²) in [5.74, 6) is 0.0636. The van der Waals surface area contributed by atoms with Gasteiger partial charge in [-0.25, -0.2) is 0 Å². The molecule has 1 fully saturated rings. The van der Waals surface area contributed by atoms with Crippen LogP contribution in [0.3, 0.4) is 0 Å². The number of nitrogens with one attached hydrogen (secondary N) is 1. The van der Waals surface area contributed by atoms with Crippen LogP contribution in [0, 0.1) is 0 Å². The molecule has 1 saturated heterocycles. The molecular weight excluding hydrogens is 226 g/mol. The Hall–Kier alpha value is -1.42. The van der Waals surface area contributed by atoms with Crippen molar-refractivity contribution in [2.45, 2.75) is 38.8 Å². The second-order valence-electron chi connectivity index (χ2n) is 4.89. The van der Waals surface area contributed by atoms with E-state index >= 15 is 0 Å². The van der Waals surface area contributed by atoms with Crippen LogP contribution in [0.2, 0.25) is 0 Å². The zero-order valence-electron chi connectivity index (χ0n) is 10.9. The minimum absolute atomic E-state index is 0.0636. The number of amides is 1. The Morgan fingerprint density at radius 3 is 3.00 bits per heavy atom. The first-order valence-corrected chi connectivity index (χ1v) is 6.63. The SMILES string of the molecule is CC(=O)NCCC1CCCN1Cc1ccncc1. The number of carbonyl (C=O) groups is 1. The van der Waals surface area contributed by atoms with Crippen LogP contribution in [0.15, 0.2) is 24.5 Å². The Labute approximate surface area is 108 Å². The highest BCUT2D eigenvalue weighted by Gasteiger charge is 2.23. The van der Waals surface area contributed by atoms with Gasteiger partial charge in [-0.15, -0.1) is 0 Å².